The Kier molecular flexibility index (Phi) is 5.15. The van der Waals surface area contributed by atoms with Crippen LogP contribution in [-0.4, -0.2) is 46.5 Å². The minimum absolute atomic E-state index is 0.143. The molecule has 0 aliphatic carbocycles. The summed E-state index contributed by atoms with van der Waals surface area (Å²) in [6.45, 7) is 6.60. The standard InChI is InChI=1S/C14H23N5O/c1-3-6-15-12-9-13(17-10-16-12)18-11(2)14(20)19-7-4-5-8-19/h9-11H,3-8H2,1-2H3,(H2,15,16,17,18). The largest absolute Gasteiger partial charge is 0.370 e. The third-order valence-corrected chi connectivity index (χ3v) is 3.38. The highest BCUT2D eigenvalue weighted by Crippen LogP contribution is 2.13. The van der Waals surface area contributed by atoms with Gasteiger partial charge in [-0.3, -0.25) is 4.79 Å². The normalized spacial score (nSPS) is 16.0. The molecule has 1 aromatic rings. The Morgan fingerprint density at radius 3 is 2.75 bits per heavy atom. The van der Waals surface area contributed by atoms with Crippen LogP contribution >= 0.6 is 0 Å². The van der Waals surface area contributed by atoms with Gasteiger partial charge in [0, 0.05) is 25.7 Å². The summed E-state index contributed by atoms with van der Waals surface area (Å²) < 4.78 is 0. The van der Waals surface area contributed by atoms with Crippen LogP contribution in [0, 0.1) is 0 Å². The van der Waals surface area contributed by atoms with Crippen molar-refractivity contribution in [2.45, 2.75) is 39.2 Å². The molecule has 2 rings (SSSR count). The molecule has 0 spiro atoms. The van der Waals surface area contributed by atoms with E-state index in [1.165, 1.54) is 6.33 Å². The van der Waals surface area contributed by atoms with E-state index in [2.05, 4.69) is 27.5 Å². The molecule has 1 unspecified atom stereocenters. The van der Waals surface area contributed by atoms with Crippen molar-refractivity contribution in [3.8, 4) is 0 Å². The number of likely N-dealkylation sites (tertiary alicyclic amines) is 1. The monoisotopic (exact) mass is 277 g/mol. The zero-order chi connectivity index (χ0) is 14.4. The molecule has 1 amide bonds. The van der Waals surface area contributed by atoms with Crippen LogP contribution in [0.15, 0.2) is 12.4 Å². The molecule has 110 valence electrons. The highest BCUT2D eigenvalue weighted by Gasteiger charge is 2.23. The topological polar surface area (TPSA) is 70.2 Å². The summed E-state index contributed by atoms with van der Waals surface area (Å²) >= 11 is 0. The molecule has 1 aromatic heterocycles. The molecule has 1 atom stereocenters. The third kappa shape index (κ3) is 3.82. The number of amides is 1. The first kappa shape index (κ1) is 14.6. The van der Waals surface area contributed by atoms with Crippen LogP contribution in [0.1, 0.15) is 33.1 Å². The van der Waals surface area contributed by atoms with E-state index in [4.69, 9.17) is 0 Å². The summed E-state index contributed by atoms with van der Waals surface area (Å²) in [4.78, 5) is 22.4. The molecule has 0 aromatic carbocycles. The van der Waals surface area contributed by atoms with Gasteiger partial charge in [0.05, 0.1) is 0 Å². The summed E-state index contributed by atoms with van der Waals surface area (Å²) in [7, 11) is 0. The molecule has 0 radical (unpaired) electrons. The SMILES string of the molecule is CCCNc1cc(NC(C)C(=O)N2CCCC2)ncn1. The van der Waals surface area contributed by atoms with Crippen LogP contribution in [0.4, 0.5) is 11.6 Å². The minimum Gasteiger partial charge on any atom is -0.370 e. The van der Waals surface area contributed by atoms with Gasteiger partial charge >= 0.3 is 0 Å². The van der Waals surface area contributed by atoms with Gasteiger partial charge in [-0.25, -0.2) is 9.97 Å². The van der Waals surface area contributed by atoms with Crippen molar-refractivity contribution in [3.05, 3.63) is 12.4 Å². The molecule has 1 saturated heterocycles. The zero-order valence-corrected chi connectivity index (χ0v) is 12.2. The molecule has 6 nitrogen and oxygen atoms in total. The third-order valence-electron chi connectivity index (χ3n) is 3.38. The average Bonchev–Trinajstić information content (AvgIpc) is 2.98. The van der Waals surface area contributed by atoms with Gasteiger partial charge in [-0.1, -0.05) is 6.92 Å². The van der Waals surface area contributed by atoms with Crippen molar-refractivity contribution >= 4 is 17.5 Å². The summed E-state index contributed by atoms with van der Waals surface area (Å²) in [5, 5.41) is 6.36. The summed E-state index contributed by atoms with van der Waals surface area (Å²) in [6.07, 6.45) is 4.76. The van der Waals surface area contributed by atoms with Gasteiger partial charge in [-0.15, -0.1) is 0 Å². The Bertz CT molecular complexity index is 445. The van der Waals surface area contributed by atoms with Crippen LogP contribution in [0.2, 0.25) is 0 Å². The molecule has 1 aliphatic rings. The lowest BCUT2D eigenvalue weighted by Gasteiger charge is -2.21. The molecule has 6 heteroatoms. The molecule has 0 bridgehead atoms. The van der Waals surface area contributed by atoms with E-state index < -0.39 is 0 Å². The van der Waals surface area contributed by atoms with E-state index in [9.17, 15) is 4.79 Å². The maximum atomic E-state index is 12.2. The average molecular weight is 277 g/mol. The van der Waals surface area contributed by atoms with Crippen molar-refractivity contribution in [1.29, 1.82) is 0 Å². The number of rotatable bonds is 6. The van der Waals surface area contributed by atoms with E-state index in [-0.39, 0.29) is 11.9 Å². The van der Waals surface area contributed by atoms with Crippen LogP contribution in [0.5, 0.6) is 0 Å². The predicted octanol–water partition coefficient (Wildman–Crippen LogP) is 1.72. The Morgan fingerprint density at radius 2 is 2.05 bits per heavy atom. The van der Waals surface area contributed by atoms with E-state index >= 15 is 0 Å². The minimum atomic E-state index is -0.262. The van der Waals surface area contributed by atoms with Crippen LogP contribution in [0.3, 0.4) is 0 Å². The Hall–Kier alpha value is -1.85. The summed E-state index contributed by atoms with van der Waals surface area (Å²) in [6, 6.07) is 1.57. The fourth-order valence-corrected chi connectivity index (χ4v) is 2.28. The van der Waals surface area contributed by atoms with Gasteiger partial charge in [0.25, 0.3) is 0 Å². The molecule has 2 heterocycles. The Labute approximate surface area is 120 Å². The smallest absolute Gasteiger partial charge is 0.244 e. The maximum absolute atomic E-state index is 12.2. The van der Waals surface area contributed by atoms with Gasteiger partial charge in [0.1, 0.15) is 24.0 Å². The maximum Gasteiger partial charge on any atom is 0.244 e. The van der Waals surface area contributed by atoms with Crippen molar-refractivity contribution < 1.29 is 4.79 Å². The first-order chi connectivity index (χ1) is 9.70. The van der Waals surface area contributed by atoms with Gasteiger partial charge in [-0.2, -0.15) is 0 Å². The van der Waals surface area contributed by atoms with Crippen molar-refractivity contribution in [2.24, 2.45) is 0 Å². The van der Waals surface area contributed by atoms with E-state index in [1.807, 2.05) is 17.9 Å². The van der Waals surface area contributed by atoms with Gasteiger partial charge in [-0.05, 0) is 26.2 Å². The molecule has 1 fully saturated rings. The second-order valence-corrected chi connectivity index (χ2v) is 5.11. The van der Waals surface area contributed by atoms with E-state index in [0.717, 1.165) is 44.7 Å². The number of aromatic nitrogens is 2. The fourth-order valence-electron chi connectivity index (χ4n) is 2.28. The van der Waals surface area contributed by atoms with Gasteiger partial charge < -0.3 is 15.5 Å². The summed E-state index contributed by atoms with van der Waals surface area (Å²) in [5.41, 5.74) is 0. The second kappa shape index (κ2) is 7.07. The number of nitrogens with one attached hydrogen (secondary N) is 2. The van der Waals surface area contributed by atoms with E-state index in [0.29, 0.717) is 5.82 Å². The van der Waals surface area contributed by atoms with Crippen LogP contribution in [-0.2, 0) is 4.79 Å². The highest BCUT2D eigenvalue weighted by molar-refractivity contribution is 5.84. The van der Waals surface area contributed by atoms with Crippen molar-refractivity contribution in [3.63, 3.8) is 0 Å². The van der Waals surface area contributed by atoms with Crippen LogP contribution < -0.4 is 10.6 Å². The second-order valence-electron chi connectivity index (χ2n) is 5.11. The molecular formula is C14H23N5O. The molecule has 20 heavy (non-hydrogen) atoms. The lowest BCUT2D eigenvalue weighted by atomic mass is 10.3. The van der Waals surface area contributed by atoms with Crippen molar-refractivity contribution in [1.82, 2.24) is 14.9 Å². The predicted molar refractivity (Wildman–Crippen MR) is 79.7 cm³/mol. The molecular weight excluding hydrogens is 254 g/mol. The number of nitrogens with zero attached hydrogens (tertiary/aromatic N) is 3. The van der Waals surface area contributed by atoms with Crippen LogP contribution in [0.25, 0.3) is 0 Å². The highest BCUT2D eigenvalue weighted by atomic mass is 16.2. The zero-order valence-electron chi connectivity index (χ0n) is 12.2. The quantitative estimate of drug-likeness (QED) is 0.828. The van der Waals surface area contributed by atoms with Gasteiger partial charge in [0.2, 0.25) is 5.91 Å². The summed E-state index contributed by atoms with van der Waals surface area (Å²) in [5.74, 6) is 1.60. The molecule has 2 N–H and O–H groups in total. The van der Waals surface area contributed by atoms with E-state index in [1.54, 1.807) is 0 Å². The fraction of sp³-hybridized carbons (Fsp3) is 0.643. The number of carbonyl (C=O) groups excluding carboxylic acids is 1. The number of carbonyl (C=O) groups is 1. The number of anilines is 2. The first-order valence-corrected chi connectivity index (χ1v) is 7.32. The Morgan fingerprint density at radius 1 is 1.35 bits per heavy atom. The lowest BCUT2D eigenvalue weighted by molar-refractivity contribution is -0.130. The molecule has 1 aliphatic heterocycles. The Balaban J connectivity index is 1.92. The number of hydrogen-bond donors (Lipinski definition) is 2. The first-order valence-electron chi connectivity index (χ1n) is 7.32. The lowest BCUT2D eigenvalue weighted by Crippen LogP contribution is -2.39. The number of hydrogen-bond acceptors (Lipinski definition) is 5. The molecule has 0 saturated carbocycles. The van der Waals surface area contributed by atoms with Crippen molar-refractivity contribution in [2.75, 3.05) is 30.3 Å². The van der Waals surface area contributed by atoms with Gasteiger partial charge in [0.15, 0.2) is 0 Å².